The average molecular weight is 980 g/mol. The van der Waals surface area contributed by atoms with E-state index in [0.717, 1.165) is 45.0 Å². The summed E-state index contributed by atoms with van der Waals surface area (Å²) in [6.45, 7) is 14.5. The minimum Gasteiger partial charge on any atom is -0.744 e. The summed E-state index contributed by atoms with van der Waals surface area (Å²) < 4.78 is 38.9. The number of carbonyl (C=O) groups is 6. The summed E-state index contributed by atoms with van der Waals surface area (Å²) in [6, 6.07) is 25.7. The van der Waals surface area contributed by atoms with Gasteiger partial charge in [-0.05, 0) is 81.1 Å². The monoisotopic (exact) mass is 979 g/mol. The Morgan fingerprint density at radius 2 is 1.22 bits per heavy atom. The molecule has 0 aliphatic carbocycles. The van der Waals surface area contributed by atoms with Gasteiger partial charge in [-0.15, -0.1) is 10.1 Å². The number of imide groups is 2. The number of aryl methyl sites for hydroxylation is 1. The molecule has 4 aromatic carbocycles. The summed E-state index contributed by atoms with van der Waals surface area (Å²) in [4.78, 5) is 86.4. The maximum Gasteiger partial charge on any atom is 1.00 e. The van der Waals surface area contributed by atoms with Gasteiger partial charge in [-0.1, -0.05) is 86.2 Å². The van der Waals surface area contributed by atoms with E-state index in [1.165, 1.54) is 12.1 Å². The number of hydrogen-bond donors (Lipinski definition) is 0. The smallest absolute Gasteiger partial charge is 0.744 e. The van der Waals surface area contributed by atoms with Crippen molar-refractivity contribution in [1.29, 1.82) is 0 Å². The zero-order chi connectivity index (χ0) is 49.0. The number of allylic oxidation sites excluding steroid dienone is 4. The minimum absolute atomic E-state index is 0. The summed E-state index contributed by atoms with van der Waals surface area (Å²) in [6.07, 6.45) is 6.08. The Morgan fingerprint density at radius 1 is 0.710 bits per heavy atom. The van der Waals surface area contributed by atoms with E-state index in [1.807, 2.05) is 62.4 Å². The van der Waals surface area contributed by atoms with Crippen molar-refractivity contribution in [3.8, 4) is 0 Å². The first-order valence-electron chi connectivity index (χ1n) is 22.4. The molecule has 0 N–H and O–H groups in total. The van der Waals surface area contributed by atoms with E-state index in [1.54, 1.807) is 32.0 Å². The van der Waals surface area contributed by atoms with Crippen LogP contribution in [0.5, 0.6) is 0 Å². The Labute approximate surface area is 443 Å². The first-order chi connectivity index (χ1) is 32.1. The van der Waals surface area contributed by atoms with Gasteiger partial charge in [-0.25, -0.2) is 18.0 Å². The summed E-state index contributed by atoms with van der Waals surface area (Å²) >= 11 is 0. The van der Waals surface area contributed by atoms with Gasteiger partial charge in [0, 0.05) is 72.3 Å². The predicted molar refractivity (Wildman–Crippen MR) is 248 cm³/mol. The second-order valence-electron chi connectivity index (χ2n) is 18.8. The zero-order valence-electron chi connectivity index (χ0n) is 39.9. The van der Waals surface area contributed by atoms with E-state index in [4.69, 9.17) is 9.68 Å². The molecule has 2 saturated heterocycles. The minimum atomic E-state index is -4.76. The standard InChI is InChI=1S/C52H52N4O11S.K/c1-31-11-21-41-39(27-31)51(4,5)43(53(41)29-34-12-16-36(17-13-34)32(2)49(61)66-55-45(57)23-24-46(55)58)9-8-10-44-52(6,7)40-28-38(68(63,64)65)20-22-42(40)54(44)30-35-14-18-37(19-15-35)33(3)50(62)67-56-47(59)25-26-48(56)60;/h8-22,27-28,32-33H,23-26,29-30H2,1-7H3;/q;+1. The van der Waals surface area contributed by atoms with Gasteiger partial charge < -0.3 is 19.1 Å². The van der Waals surface area contributed by atoms with Gasteiger partial charge in [0.15, 0.2) is 12.3 Å². The fourth-order valence-electron chi connectivity index (χ4n) is 9.29. The van der Waals surface area contributed by atoms with E-state index >= 15 is 0 Å². The zero-order valence-corrected chi connectivity index (χ0v) is 43.8. The third-order valence-corrected chi connectivity index (χ3v) is 14.3. The molecule has 2 atom stereocenters. The molecule has 0 spiro atoms. The largest absolute Gasteiger partial charge is 1.00 e. The number of nitrogens with zero attached hydrogens (tertiary/aromatic N) is 4. The molecular formula is C52H52KN4O11S+. The molecule has 0 aromatic heterocycles. The molecule has 4 amide bonds. The Bertz CT molecular complexity index is 2980. The van der Waals surface area contributed by atoms with Gasteiger partial charge in [0.25, 0.3) is 23.6 Å². The number of hydrogen-bond acceptors (Lipinski definition) is 12. The Morgan fingerprint density at radius 3 is 1.72 bits per heavy atom. The first kappa shape index (κ1) is 51.4. The number of fused-ring (bicyclic) bond motifs is 2. The van der Waals surface area contributed by atoms with Crippen LogP contribution in [0.2, 0.25) is 0 Å². The van der Waals surface area contributed by atoms with Crippen molar-refractivity contribution in [3.63, 3.8) is 0 Å². The average Bonchev–Trinajstić information content (AvgIpc) is 3.92. The molecule has 0 bridgehead atoms. The maximum absolute atomic E-state index is 13.0. The molecule has 4 aliphatic heterocycles. The molecule has 4 heterocycles. The van der Waals surface area contributed by atoms with Crippen LogP contribution in [0.1, 0.15) is 118 Å². The maximum atomic E-state index is 13.0. The third-order valence-electron chi connectivity index (χ3n) is 13.4. The van der Waals surface area contributed by atoms with E-state index < -0.39 is 68.4 Å². The van der Waals surface area contributed by atoms with Crippen molar-refractivity contribution in [2.75, 3.05) is 4.90 Å². The summed E-state index contributed by atoms with van der Waals surface area (Å²) in [5.41, 5.74) is 8.44. The fourth-order valence-corrected chi connectivity index (χ4v) is 9.78. The summed E-state index contributed by atoms with van der Waals surface area (Å²) in [5.74, 6) is -5.15. The van der Waals surface area contributed by atoms with Crippen molar-refractivity contribution >= 4 is 62.8 Å². The molecule has 352 valence electrons. The summed E-state index contributed by atoms with van der Waals surface area (Å²) in [7, 11) is -4.76. The van der Waals surface area contributed by atoms with Crippen LogP contribution in [0, 0.1) is 6.92 Å². The predicted octanol–water partition coefficient (Wildman–Crippen LogP) is 4.34. The van der Waals surface area contributed by atoms with Crippen LogP contribution < -0.4 is 56.3 Å². The van der Waals surface area contributed by atoms with Crippen molar-refractivity contribution < 1.29 is 107 Å². The molecule has 15 nitrogen and oxygen atoms in total. The second-order valence-corrected chi connectivity index (χ2v) is 20.2. The van der Waals surface area contributed by atoms with E-state index in [-0.39, 0.29) is 82.0 Å². The van der Waals surface area contributed by atoms with Crippen LogP contribution in [-0.4, -0.2) is 69.0 Å². The van der Waals surface area contributed by atoms with Gasteiger partial charge in [-0.2, -0.15) is 4.58 Å². The van der Waals surface area contributed by atoms with Crippen molar-refractivity contribution in [1.82, 2.24) is 10.1 Å². The fraction of sp³-hybridized carbons (Fsp3) is 0.327. The topological polar surface area (TPSA) is 191 Å². The van der Waals surface area contributed by atoms with Crippen LogP contribution in [0.4, 0.5) is 11.4 Å². The van der Waals surface area contributed by atoms with E-state index in [2.05, 4.69) is 54.5 Å². The van der Waals surface area contributed by atoms with Crippen LogP contribution >= 0.6 is 0 Å². The van der Waals surface area contributed by atoms with Crippen LogP contribution in [0.25, 0.3) is 0 Å². The number of rotatable bonds is 13. The van der Waals surface area contributed by atoms with Gasteiger partial charge in [-0.3, -0.25) is 19.2 Å². The SMILES string of the molecule is Cc1ccc2c(c1)C(C)(C)C(=CC=CC1=[N+](Cc3ccc(C(C)C(=O)ON4C(=O)CCC4=O)cc3)c3ccc(S(=O)(=O)[O-])cc3C1(C)C)N2Cc1ccc(C(C)C(=O)ON2C(=O)CCC2=O)cc1.[K+]. The second kappa shape index (κ2) is 19.8. The number of anilines is 1. The molecule has 4 aromatic rings. The van der Waals surface area contributed by atoms with Crippen LogP contribution in [0.15, 0.2) is 114 Å². The number of benzene rings is 4. The number of hydroxylamine groups is 4. The van der Waals surface area contributed by atoms with Gasteiger partial charge in [0.2, 0.25) is 5.69 Å². The van der Waals surface area contributed by atoms with Gasteiger partial charge >= 0.3 is 63.3 Å². The normalized spacial score (nSPS) is 18.8. The molecule has 17 heteroatoms. The van der Waals surface area contributed by atoms with Gasteiger partial charge in [0.05, 0.1) is 22.1 Å². The Balaban J connectivity index is 0.00000703. The van der Waals surface area contributed by atoms with Crippen molar-refractivity contribution in [3.05, 3.63) is 148 Å². The van der Waals surface area contributed by atoms with Crippen LogP contribution in [0.3, 0.4) is 0 Å². The van der Waals surface area contributed by atoms with Crippen molar-refractivity contribution in [2.24, 2.45) is 0 Å². The van der Waals surface area contributed by atoms with E-state index in [0.29, 0.717) is 39.9 Å². The summed E-state index contributed by atoms with van der Waals surface area (Å²) in [5, 5.41) is 1.09. The molecule has 69 heavy (non-hydrogen) atoms. The first-order valence-corrected chi connectivity index (χ1v) is 23.8. The molecule has 8 rings (SSSR count). The third kappa shape index (κ3) is 10.1. The quantitative estimate of drug-likeness (QED) is 0.0799. The molecule has 2 fully saturated rings. The molecular weight excluding hydrogens is 928 g/mol. The number of carbonyl (C=O) groups excluding carboxylic acids is 6. The van der Waals surface area contributed by atoms with Crippen LogP contribution in [-0.2, 0) is 72.5 Å². The Hall–Kier alpha value is -5.40. The molecule has 0 saturated carbocycles. The van der Waals surface area contributed by atoms with Gasteiger partial charge in [0.1, 0.15) is 10.1 Å². The molecule has 0 radical (unpaired) electrons. The van der Waals surface area contributed by atoms with Crippen molar-refractivity contribution in [2.45, 2.75) is 115 Å². The number of amides is 4. The molecule has 4 aliphatic rings. The van der Waals surface area contributed by atoms with E-state index in [9.17, 15) is 41.7 Å². The Kier molecular flexibility index (Phi) is 14.7. The molecule has 2 unspecified atom stereocenters.